The fourth-order valence-electron chi connectivity index (χ4n) is 8.04. The maximum Gasteiger partial charge on any atom is 0.312 e. The number of imide groups is 1. The van der Waals surface area contributed by atoms with Crippen molar-refractivity contribution in [3.8, 4) is 23.3 Å². The second-order valence-corrected chi connectivity index (χ2v) is 19.1. The number of pyridine rings is 2. The first-order valence-electron chi connectivity index (χ1n) is 25.1. The Labute approximate surface area is 451 Å². The summed E-state index contributed by atoms with van der Waals surface area (Å²) in [5, 5.41) is 22.1. The number of aromatic nitrogens is 2. The largest absolute Gasteiger partial charge is 0.491 e. The molecule has 6 rings (SSSR count). The third-order valence-electron chi connectivity index (χ3n) is 12.2. The molecule has 0 radical (unpaired) electrons. The first-order valence-corrected chi connectivity index (χ1v) is 25.9. The van der Waals surface area contributed by atoms with Crippen LogP contribution < -0.4 is 51.3 Å². The van der Waals surface area contributed by atoms with Gasteiger partial charge >= 0.3 is 12.0 Å². The number of hydrogen-bond acceptors (Lipinski definition) is 17. The molecule has 25 nitrogen and oxygen atoms in total. The predicted octanol–water partition coefficient (Wildman–Crippen LogP) is 3.02. The molecule has 1 atom stereocenters. The van der Waals surface area contributed by atoms with Crippen molar-refractivity contribution in [2.75, 3.05) is 52.4 Å². The highest BCUT2D eigenvalue weighted by Gasteiger charge is 2.28. The summed E-state index contributed by atoms with van der Waals surface area (Å²) in [5.74, 6) is -3.01. The second-order valence-electron chi connectivity index (χ2n) is 18.0. The molecule has 0 spiro atoms. The summed E-state index contributed by atoms with van der Waals surface area (Å²) < 4.78 is 23.5. The Morgan fingerprint density at radius 1 is 0.744 bits per heavy atom. The molecule has 0 bridgehead atoms. The quantitative estimate of drug-likeness (QED) is 0.0210. The van der Waals surface area contributed by atoms with Crippen LogP contribution in [-0.2, 0) is 58.0 Å². The third kappa shape index (κ3) is 17.7. The van der Waals surface area contributed by atoms with Crippen LogP contribution in [0.5, 0.6) is 23.3 Å². The summed E-state index contributed by atoms with van der Waals surface area (Å²) in [6, 6.07) is 9.95. The number of methoxy groups -OCH3 is 2. The molecule has 0 unspecified atom stereocenters. The second kappa shape index (κ2) is 29.0. The van der Waals surface area contributed by atoms with Crippen LogP contribution in [0.2, 0.25) is 0 Å². The number of ketones is 1. The van der Waals surface area contributed by atoms with Crippen LogP contribution in [0.4, 0.5) is 10.5 Å². The number of thiophene rings is 1. The molecular formula is C52H62N10O15S. The smallest absolute Gasteiger partial charge is 0.312 e. The van der Waals surface area contributed by atoms with Crippen LogP contribution in [0.15, 0.2) is 54.6 Å². The summed E-state index contributed by atoms with van der Waals surface area (Å²) in [6.07, 6.45) is 4.45. The van der Waals surface area contributed by atoms with Gasteiger partial charge in [-0.2, -0.15) is 0 Å². The number of carboxylic acids is 1. The molecule has 5 heterocycles. The lowest BCUT2D eigenvalue weighted by atomic mass is 10.1. The fourth-order valence-corrected chi connectivity index (χ4v) is 9.04. The minimum Gasteiger partial charge on any atom is -0.491 e. The molecule has 0 fully saturated rings. The van der Waals surface area contributed by atoms with Crippen LogP contribution in [-0.4, -0.2) is 137 Å². The van der Waals surface area contributed by atoms with Crippen molar-refractivity contribution >= 4 is 86.4 Å². The van der Waals surface area contributed by atoms with Crippen LogP contribution in [0.25, 0.3) is 10.2 Å². The molecule has 9 amide bonds. The van der Waals surface area contributed by atoms with Crippen LogP contribution in [0.3, 0.4) is 0 Å². The molecule has 78 heavy (non-hydrogen) atoms. The Hall–Kier alpha value is -8.68. The minimum atomic E-state index is -1.04. The highest BCUT2D eigenvalue weighted by atomic mass is 32.1. The molecule has 8 N–H and O–H groups in total. The minimum absolute atomic E-state index is 0.0626. The standard InChI is InChI=1S/C52H62N10O15S/c1-74-38-24-32-29-61(45(67)18-19-48(70)71)30-36(32)60-50(38)76-22-7-23-77-51-39(75-2)26-40-35(59-51)25-41(78-40)37(63)14-15-43(65)55-27-31-10-12-33(13-11-31)57-49(72)34(8-6-20-54-52(53)73)58-44(66)28-56-42(64)9-4-3-5-21-62-46(68)16-17-47(62)69/h10-13,16-17,24-26,34H,3-9,14-15,18-23,27-30H2,1-2H3,(H,55,65)(H,56,64)(H,57,72)(H,58,66)(H,70,71)(H3,53,54,73)/t34-/m0/s1. The molecule has 416 valence electrons. The number of benzene rings is 1. The number of amides is 9. The molecule has 2 aliphatic heterocycles. The van der Waals surface area contributed by atoms with Crippen LogP contribution in [0.1, 0.15) is 97.1 Å². The number of anilines is 1. The predicted molar refractivity (Wildman–Crippen MR) is 280 cm³/mol. The average molecular weight is 1100 g/mol. The number of nitrogens with two attached hydrogens (primary N) is 1. The molecule has 4 aromatic rings. The van der Waals surface area contributed by atoms with Crippen LogP contribution >= 0.6 is 11.3 Å². The number of aliphatic carboxylic acids is 1. The Bertz CT molecular complexity index is 2890. The van der Waals surface area contributed by atoms with Gasteiger partial charge in [-0.05, 0) is 61.1 Å². The van der Waals surface area contributed by atoms with E-state index < -0.39 is 29.9 Å². The maximum atomic E-state index is 13.4. The van der Waals surface area contributed by atoms with E-state index in [9.17, 15) is 47.9 Å². The lowest BCUT2D eigenvalue weighted by molar-refractivity contribution is -0.141. The van der Waals surface area contributed by atoms with E-state index >= 15 is 0 Å². The number of rotatable bonds is 32. The number of nitrogens with zero attached hydrogens (tertiary/aromatic N) is 4. The Morgan fingerprint density at radius 2 is 1.44 bits per heavy atom. The number of urea groups is 1. The molecule has 0 saturated carbocycles. The SMILES string of the molecule is COc1cc2c(nc1OCCCOc1nc3cc(C(=O)CCC(=O)NCc4ccc(NC(=O)[C@H](CCCNC(N)=O)NC(=O)CNC(=O)CCCCCN5C(=O)C=CC5=O)cc4)sc3cc1OC)CN(C(=O)CCC(=O)O)C2. The molecule has 3 aromatic heterocycles. The Kier molecular flexibility index (Phi) is 21.8. The summed E-state index contributed by atoms with van der Waals surface area (Å²) in [5.41, 5.74) is 8.18. The first kappa shape index (κ1) is 58.6. The van der Waals surface area contributed by atoms with E-state index in [0.717, 1.165) is 10.5 Å². The number of hydrogen-bond donors (Lipinski definition) is 7. The van der Waals surface area contributed by atoms with E-state index in [1.54, 1.807) is 47.4 Å². The summed E-state index contributed by atoms with van der Waals surface area (Å²) in [4.78, 5) is 135. The van der Waals surface area contributed by atoms with Gasteiger partial charge in [0.1, 0.15) is 6.04 Å². The van der Waals surface area contributed by atoms with E-state index in [2.05, 4.69) is 36.6 Å². The van der Waals surface area contributed by atoms with Crippen LogP contribution in [0, 0.1) is 0 Å². The third-order valence-corrected chi connectivity index (χ3v) is 13.3. The van der Waals surface area contributed by atoms with E-state index in [1.807, 2.05) is 0 Å². The normalized spacial score (nSPS) is 12.9. The number of carbonyl (C=O) groups excluding carboxylic acids is 9. The molecule has 2 aliphatic rings. The number of carbonyl (C=O) groups is 10. The van der Waals surface area contributed by atoms with E-state index in [-0.39, 0.29) is 132 Å². The van der Waals surface area contributed by atoms with Gasteiger partial charge in [-0.3, -0.25) is 48.1 Å². The summed E-state index contributed by atoms with van der Waals surface area (Å²) in [6.45, 7) is 1.06. The zero-order valence-electron chi connectivity index (χ0n) is 43.1. The molecular weight excluding hydrogens is 1040 g/mol. The molecule has 0 aliphatic carbocycles. The average Bonchev–Trinajstić information content (AvgIpc) is 4.19. The highest BCUT2D eigenvalue weighted by Crippen LogP contribution is 2.35. The van der Waals surface area contributed by atoms with Gasteiger partial charge in [0.15, 0.2) is 17.3 Å². The number of carboxylic acid groups (broad SMARTS) is 1. The maximum absolute atomic E-state index is 13.4. The van der Waals surface area contributed by atoms with Gasteiger partial charge in [0.05, 0.1) is 67.7 Å². The molecule has 1 aromatic carbocycles. The van der Waals surface area contributed by atoms with Crippen molar-refractivity contribution in [2.24, 2.45) is 5.73 Å². The van der Waals surface area contributed by atoms with Crippen molar-refractivity contribution in [2.45, 2.75) is 96.3 Å². The van der Waals surface area contributed by atoms with Gasteiger partial charge in [0.2, 0.25) is 29.5 Å². The van der Waals surface area contributed by atoms with Gasteiger partial charge in [0, 0.05) is 82.2 Å². The Balaban J connectivity index is 0.901. The molecule has 26 heteroatoms. The number of fused-ring (bicyclic) bond motifs is 2. The van der Waals surface area contributed by atoms with E-state index in [4.69, 9.17) is 29.8 Å². The van der Waals surface area contributed by atoms with Gasteiger partial charge in [-0.25, -0.2) is 14.8 Å². The fraction of sp³-hybridized carbons (Fsp3) is 0.423. The van der Waals surface area contributed by atoms with E-state index in [1.165, 1.54) is 37.7 Å². The molecule has 0 saturated heterocycles. The summed E-state index contributed by atoms with van der Waals surface area (Å²) >= 11 is 1.21. The topological polar surface area (TPSA) is 346 Å². The van der Waals surface area contributed by atoms with Gasteiger partial charge in [-0.1, -0.05) is 18.6 Å². The van der Waals surface area contributed by atoms with Crippen molar-refractivity contribution < 1.29 is 72.0 Å². The number of unbranched alkanes of at least 4 members (excludes halogenated alkanes) is 2. The van der Waals surface area contributed by atoms with Gasteiger partial charge in [-0.15, -0.1) is 11.3 Å². The van der Waals surface area contributed by atoms with Crippen molar-refractivity contribution in [3.05, 3.63) is 76.3 Å². The van der Waals surface area contributed by atoms with Crippen molar-refractivity contribution in [1.82, 2.24) is 41.0 Å². The van der Waals surface area contributed by atoms with Crippen molar-refractivity contribution in [1.29, 1.82) is 0 Å². The zero-order chi connectivity index (χ0) is 56.1. The monoisotopic (exact) mass is 1100 g/mol. The number of ether oxygens (including phenoxy) is 4. The van der Waals surface area contributed by atoms with Gasteiger partial charge < -0.3 is 61.3 Å². The highest BCUT2D eigenvalue weighted by molar-refractivity contribution is 7.20. The zero-order valence-corrected chi connectivity index (χ0v) is 44.0. The van der Waals surface area contributed by atoms with Gasteiger partial charge in [0.25, 0.3) is 23.6 Å². The lowest BCUT2D eigenvalue weighted by Gasteiger charge is -2.19. The lowest BCUT2D eigenvalue weighted by Crippen LogP contribution is -2.47. The number of primary amides is 1. The number of nitrogens with one attached hydrogen (secondary N) is 5. The number of Topliss-reactive ketones (excluding diaryl/α,β-unsaturated/α-hetero) is 1. The Morgan fingerprint density at radius 3 is 2.13 bits per heavy atom. The first-order chi connectivity index (χ1) is 37.5. The van der Waals surface area contributed by atoms with Crippen molar-refractivity contribution in [3.63, 3.8) is 0 Å². The van der Waals surface area contributed by atoms with E-state index in [0.29, 0.717) is 82.2 Å². The summed E-state index contributed by atoms with van der Waals surface area (Å²) in [7, 11) is 2.95.